The summed E-state index contributed by atoms with van der Waals surface area (Å²) in [5, 5.41) is 0. The first-order chi connectivity index (χ1) is 6.77. The lowest BCUT2D eigenvalue weighted by Crippen LogP contribution is -2.39. The molecule has 0 aromatic rings. The van der Waals surface area contributed by atoms with E-state index in [-0.39, 0.29) is 18.3 Å². The number of amides is 1. The normalized spacial score (nSPS) is 32.4. The van der Waals surface area contributed by atoms with Gasteiger partial charge in [0.15, 0.2) is 0 Å². The van der Waals surface area contributed by atoms with Crippen LogP contribution in [0.1, 0.15) is 13.3 Å². The summed E-state index contributed by atoms with van der Waals surface area (Å²) in [6.07, 6.45) is 1.37. The number of halogens is 2. The van der Waals surface area contributed by atoms with E-state index in [1.807, 2.05) is 0 Å². The molecule has 0 bridgehead atoms. The van der Waals surface area contributed by atoms with Gasteiger partial charge in [-0.2, -0.15) is 0 Å². The van der Waals surface area contributed by atoms with Crippen molar-refractivity contribution in [2.75, 3.05) is 18.7 Å². The Balaban J connectivity index is 3.10. The molecule has 1 saturated heterocycles. The van der Waals surface area contributed by atoms with Gasteiger partial charge in [-0.15, -0.1) is 23.2 Å². The third-order valence-corrected chi connectivity index (χ3v) is 4.94. The molecule has 7 heteroatoms. The predicted molar refractivity (Wildman–Crippen MR) is 59.6 cm³/mol. The van der Waals surface area contributed by atoms with Gasteiger partial charge in [0.25, 0.3) is 5.91 Å². The van der Waals surface area contributed by atoms with Crippen LogP contribution in [0, 0.1) is 5.92 Å². The second-order valence-corrected chi connectivity index (χ2v) is 6.56. The van der Waals surface area contributed by atoms with Crippen LogP contribution in [0.3, 0.4) is 0 Å². The summed E-state index contributed by atoms with van der Waals surface area (Å²) < 4.78 is 23.4. The fraction of sp³-hybridized carbons (Fsp3) is 0.875. The van der Waals surface area contributed by atoms with Crippen LogP contribution in [0.15, 0.2) is 0 Å². The third kappa shape index (κ3) is 2.10. The number of alkyl halides is 2. The van der Waals surface area contributed by atoms with Crippen molar-refractivity contribution >= 4 is 39.1 Å². The highest BCUT2D eigenvalue weighted by molar-refractivity contribution is 7.88. The summed E-state index contributed by atoms with van der Waals surface area (Å²) in [7, 11) is -3.54. The van der Waals surface area contributed by atoms with Crippen LogP contribution in [0.4, 0.5) is 0 Å². The Bertz CT molecular complexity index is 370. The van der Waals surface area contributed by atoms with E-state index in [9.17, 15) is 13.2 Å². The molecule has 1 aliphatic heterocycles. The van der Waals surface area contributed by atoms with Crippen molar-refractivity contribution < 1.29 is 13.2 Å². The molecular weight excluding hydrogens is 261 g/mol. The van der Waals surface area contributed by atoms with E-state index in [1.165, 1.54) is 0 Å². The summed E-state index contributed by atoms with van der Waals surface area (Å²) in [6.45, 7) is 1.83. The third-order valence-electron chi connectivity index (χ3n) is 2.72. The van der Waals surface area contributed by atoms with Crippen molar-refractivity contribution in [1.82, 2.24) is 4.31 Å². The van der Waals surface area contributed by atoms with Crippen molar-refractivity contribution in [2.45, 2.75) is 18.2 Å². The molecule has 1 amide bonds. The van der Waals surface area contributed by atoms with E-state index in [4.69, 9.17) is 23.2 Å². The molecule has 2 atom stereocenters. The smallest absolute Gasteiger partial charge is 0.257 e. The van der Waals surface area contributed by atoms with Crippen LogP contribution in [0.2, 0.25) is 0 Å². The molecule has 1 fully saturated rings. The quantitative estimate of drug-likeness (QED) is 0.722. The highest BCUT2D eigenvalue weighted by Gasteiger charge is 2.53. The highest BCUT2D eigenvalue weighted by Crippen LogP contribution is 2.39. The van der Waals surface area contributed by atoms with Crippen molar-refractivity contribution in [3.05, 3.63) is 0 Å². The maximum atomic E-state index is 11.8. The minimum absolute atomic E-state index is 0.0819. The molecule has 0 aromatic carbocycles. The number of hydrogen-bond acceptors (Lipinski definition) is 3. The Labute approximate surface area is 99.6 Å². The van der Waals surface area contributed by atoms with Crippen molar-refractivity contribution in [1.29, 1.82) is 0 Å². The Morgan fingerprint density at radius 3 is 2.40 bits per heavy atom. The Morgan fingerprint density at radius 2 is 2.13 bits per heavy atom. The lowest BCUT2D eigenvalue weighted by molar-refractivity contribution is -0.126. The number of sulfonamides is 1. The molecule has 0 aliphatic carbocycles. The highest BCUT2D eigenvalue weighted by atomic mass is 35.5. The number of hydrogen-bond donors (Lipinski definition) is 0. The predicted octanol–water partition coefficient (Wildman–Crippen LogP) is 1.03. The average Bonchev–Trinajstić information content (AvgIpc) is 2.40. The fourth-order valence-corrected chi connectivity index (χ4v) is 3.36. The van der Waals surface area contributed by atoms with E-state index >= 15 is 0 Å². The van der Waals surface area contributed by atoms with Gasteiger partial charge in [-0.3, -0.25) is 4.79 Å². The first kappa shape index (κ1) is 13.1. The summed E-state index contributed by atoms with van der Waals surface area (Å²) in [6, 6.07) is 0. The zero-order valence-corrected chi connectivity index (χ0v) is 10.9. The Morgan fingerprint density at radius 1 is 1.60 bits per heavy atom. The molecule has 1 aliphatic rings. The maximum Gasteiger partial charge on any atom is 0.257 e. The number of nitrogens with zero attached hydrogens (tertiary/aromatic N) is 1. The van der Waals surface area contributed by atoms with Crippen LogP contribution < -0.4 is 0 Å². The zero-order valence-electron chi connectivity index (χ0n) is 8.53. The van der Waals surface area contributed by atoms with Gasteiger partial charge >= 0.3 is 0 Å². The molecule has 88 valence electrons. The standard InChI is InChI=1S/C8H13Cl2NO3S/c1-3-8(10)6(4-9)5-11(7(8)12)15(2,13)14/h6H,3-5H2,1-2H3/t6-,8-/m0/s1. The topological polar surface area (TPSA) is 54.5 Å². The number of carbonyl (C=O) groups is 1. The molecule has 4 nitrogen and oxygen atoms in total. The van der Waals surface area contributed by atoms with Gasteiger partial charge in [0, 0.05) is 18.3 Å². The zero-order chi connectivity index (χ0) is 11.9. The molecule has 0 unspecified atom stereocenters. The minimum Gasteiger partial charge on any atom is -0.272 e. The second-order valence-electron chi connectivity index (χ2n) is 3.67. The monoisotopic (exact) mass is 273 g/mol. The summed E-state index contributed by atoms with van der Waals surface area (Å²) >= 11 is 11.8. The Hall–Kier alpha value is -0.000000000000000111. The first-order valence-electron chi connectivity index (χ1n) is 4.54. The van der Waals surface area contributed by atoms with Crippen molar-refractivity contribution in [3.63, 3.8) is 0 Å². The van der Waals surface area contributed by atoms with Gasteiger partial charge in [0.1, 0.15) is 4.87 Å². The molecule has 0 radical (unpaired) electrons. The molecule has 0 N–H and O–H groups in total. The van der Waals surface area contributed by atoms with Crippen LogP contribution in [0.25, 0.3) is 0 Å². The SMILES string of the molecule is CC[C@@]1(Cl)C(=O)N(S(C)(=O)=O)C[C@@H]1CCl. The summed E-state index contributed by atoms with van der Waals surface area (Å²) in [5.41, 5.74) is 0. The van der Waals surface area contributed by atoms with E-state index in [0.29, 0.717) is 6.42 Å². The fourth-order valence-electron chi connectivity index (χ4n) is 1.71. The van der Waals surface area contributed by atoms with Crippen LogP contribution in [-0.4, -0.2) is 42.2 Å². The second kappa shape index (κ2) is 4.11. The average molecular weight is 274 g/mol. The largest absolute Gasteiger partial charge is 0.272 e. The molecule has 0 aromatic heterocycles. The molecule has 1 rings (SSSR count). The molecule has 0 spiro atoms. The van der Waals surface area contributed by atoms with E-state index in [0.717, 1.165) is 10.6 Å². The first-order valence-corrected chi connectivity index (χ1v) is 7.30. The van der Waals surface area contributed by atoms with Gasteiger partial charge in [-0.05, 0) is 6.42 Å². The van der Waals surface area contributed by atoms with Crippen LogP contribution in [0.5, 0.6) is 0 Å². The number of rotatable bonds is 3. The summed E-state index contributed by atoms with van der Waals surface area (Å²) in [4.78, 5) is 10.7. The van der Waals surface area contributed by atoms with Crippen LogP contribution in [-0.2, 0) is 14.8 Å². The maximum absolute atomic E-state index is 11.8. The van der Waals surface area contributed by atoms with Gasteiger partial charge in [-0.1, -0.05) is 6.92 Å². The minimum atomic E-state index is -3.54. The van der Waals surface area contributed by atoms with Crippen molar-refractivity contribution in [3.8, 4) is 0 Å². The molecule has 0 saturated carbocycles. The van der Waals surface area contributed by atoms with Crippen molar-refractivity contribution in [2.24, 2.45) is 5.92 Å². The molecule has 15 heavy (non-hydrogen) atoms. The van der Waals surface area contributed by atoms with Gasteiger partial charge < -0.3 is 0 Å². The lowest BCUT2D eigenvalue weighted by Gasteiger charge is -2.22. The van der Waals surface area contributed by atoms with E-state index in [2.05, 4.69) is 0 Å². The molecule has 1 heterocycles. The summed E-state index contributed by atoms with van der Waals surface area (Å²) in [5.74, 6) is -0.706. The van der Waals surface area contributed by atoms with E-state index < -0.39 is 20.8 Å². The lowest BCUT2D eigenvalue weighted by atomic mass is 9.94. The number of carbonyl (C=O) groups excluding carboxylic acids is 1. The molecular formula is C8H13Cl2NO3S. The van der Waals surface area contributed by atoms with E-state index in [1.54, 1.807) is 6.92 Å². The Kier molecular flexibility index (Phi) is 3.58. The van der Waals surface area contributed by atoms with Gasteiger partial charge in [-0.25, -0.2) is 12.7 Å². The van der Waals surface area contributed by atoms with Gasteiger partial charge in [0.05, 0.1) is 6.26 Å². The van der Waals surface area contributed by atoms with Crippen LogP contribution >= 0.6 is 23.2 Å². The van der Waals surface area contributed by atoms with Gasteiger partial charge in [0.2, 0.25) is 10.0 Å².